The Morgan fingerprint density at radius 1 is 1.33 bits per heavy atom. The van der Waals surface area contributed by atoms with Gasteiger partial charge in [-0.25, -0.2) is 4.39 Å². The van der Waals surface area contributed by atoms with Crippen LogP contribution in [0, 0.1) is 12.7 Å². The van der Waals surface area contributed by atoms with Crippen LogP contribution in [0.3, 0.4) is 0 Å². The Bertz CT molecular complexity index is 552. The lowest BCUT2D eigenvalue weighted by molar-refractivity contribution is 0.362. The van der Waals surface area contributed by atoms with Crippen LogP contribution in [0.15, 0.2) is 43.2 Å². The van der Waals surface area contributed by atoms with Gasteiger partial charge in [-0.15, -0.1) is 0 Å². The number of hydrogen-bond donors (Lipinski definition) is 0. The van der Waals surface area contributed by atoms with Crippen molar-refractivity contribution in [1.82, 2.24) is 9.97 Å². The summed E-state index contributed by atoms with van der Waals surface area (Å²) in [4.78, 5) is 8.42. The highest BCUT2D eigenvalue weighted by Gasteiger charge is 2.09. The highest BCUT2D eigenvalue weighted by atomic mass is 19.1. The fourth-order valence-electron chi connectivity index (χ4n) is 1.51. The van der Waals surface area contributed by atoms with Crippen molar-refractivity contribution in [3.8, 4) is 17.0 Å². The van der Waals surface area contributed by atoms with Gasteiger partial charge in [-0.05, 0) is 19.1 Å². The van der Waals surface area contributed by atoms with Crippen LogP contribution in [-0.4, -0.2) is 16.6 Å². The minimum absolute atomic E-state index is 0.315. The highest BCUT2D eigenvalue weighted by molar-refractivity contribution is 5.66. The third-order valence-corrected chi connectivity index (χ3v) is 2.36. The Hall–Kier alpha value is -2.23. The molecule has 18 heavy (non-hydrogen) atoms. The topological polar surface area (TPSA) is 35.0 Å². The minimum atomic E-state index is -0.349. The van der Waals surface area contributed by atoms with Crippen molar-refractivity contribution in [3.63, 3.8) is 0 Å². The van der Waals surface area contributed by atoms with Crippen molar-refractivity contribution < 1.29 is 9.13 Å². The number of benzene rings is 1. The Kier molecular flexibility index (Phi) is 3.67. The fraction of sp³-hybridized carbons (Fsp3) is 0.143. The fourth-order valence-corrected chi connectivity index (χ4v) is 1.51. The van der Waals surface area contributed by atoms with Crippen molar-refractivity contribution in [2.24, 2.45) is 0 Å². The van der Waals surface area contributed by atoms with E-state index in [-0.39, 0.29) is 5.82 Å². The summed E-state index contributed by atoms with van der Waals surface area (Å²) in [7, 11) is 0. The van der Waals surface area contributed by atoms with Gasteiger partial charge in [0.25, 0.3) is 0 Å². The number of nitrogens with zero attached hydrogens (tertiary/aromatic N) is 2. The van der Waals surface area contributed by atoms with Crippen LogP contribution in [0.4, 0.5) is 4.39 Å². The second kappa shape index (κ2) is 5.40. The third-order valence-electron chi connectivity index (χ3n) is 2.36. The third kappa shape index (κ3) is 2.71. The normalized spacial score (nSPS) is 10.1. The highest BCUT2D eigenvalue weighted by Crippen LogP contribution is 2.29. The Morgan fingerprint density at radius 3 is 2.83 bits per heavy atom. The predicted molar refractivity (Wildman–Crippen MR) is 67.9 cm³/mol. The molecule has 4 heteroatoms. The maximum Gasteiger partial charge on any atom is 0.132 e. The number of rotatable bonds is 4. The molecule has 0 N–H and O–H groups in total. The largest absolute Gasteiger partial charge is 0.489 e. The van der Waals surface area contributed by atoms with Gasteiger partial charge < -0.3 is 4.74 Å². The Balaban J connectivity index is 2.42. The smallest absolute Gasteiger partial charge is 0.132 e. The molecule has 0 spiro atoms. The van der Waals surface area contributed by atoms with E-state index in [4.69, 9.17) is 4.74 Å². The maximum atomic E-state index is 13.2. The minimum Gasteiger partial charge on any atom is -0.489 e. The molecule has 0 saturated carbocycles. The molecule has 1 aromatic carbocycles. The van der Waals surface area contributed by atoms with Crippen LogP contribution >= 0.6 is 0 Å². The standard InChI is InChI=1S/C14H13FN2O/c1-3-6-18-14-7-11(15)4-5-12(14)13-9-16-10(2)8-17-13/h3-5,7-9H,1,6H2,2H3. The van der Waals surface area contributed by atoms with Crippen molar-refractivity contribution in [3.05, 3.63) is 54.8 Å². The number of halogens is 1. The van der Waals surface area contributed by atoms with Gasteiger partial charge in [0, 0.05) is 17.8 Å². The molecule has 92 valence electrons. The van der Waals surface area contributed by atoms with Crippen LogP contribution in [0.1, 0.15) is 5.69 Å². The monoisotopic (exact) mass is 244 g/mol. The van der Waals surface area contributed by atoms with E-state index in [9.17, 15) is 4.39 Å². The average molecular weight is 244 g/mol. The van der Waals surface area contributed by atoms with Crippen LogP contribution in [-0.2, 0) is 0 Å². The zero-order valence-corrected chi connectivity index (χ0v) is 10.1. The van der Waals surface area contributed by atoms with E-state index in [0.717, 1.165) is 5.69 Å². The second-order valence-corrected chi connectivity index (χ2v) is 3.78. The van der Waals surface area contributed by atoms with Crippen molar-refractivity contribution in [1.29, 1.82) is 0 Å². The lowest BCUT2D eigenvalue weighted by Gasteiger charge is -2.09. The molecule has 0 bridgehead atoms. The Labute approximate surface area is 105 Å². The predicted octanol–water partition coefficient (Wildman–Crippen LogP) is 3.16. The molecule has 0 saturated heterocycles. The summed E-state index contributed by atoms with van der Waals surface area (Å²) in [5.41, 5.74) is 2.19. The van der Waals surface area contributed by atoms with E-state index < -0.39 is 0 Å². The number of hydrogen-bond acceptors (Lipinski definition) is 3. The molecule has 0 unspecified atom stereocenters. The molecule has 0 aliphatic rings. The Morgan fingerprint density at radius 2 is 2.17 bits per heavy atom. The molecule has 1 heterocycles. The van der Waals surface area contributed by atoms with Gasteiger partial charge in [-0.1, -0.05) is 12.7 Å². The molecule has 3 nitrogen and oxygen atoms in total. The van der Waals surface area contributed by atoms with Gasteiger partial charge in [-0.3, -0.25) is 9.97 Å². The van der Waals surface area contributed by atoms with Gasteiger partial charge in [0.1, 0.15) is 18.2 Å². The molecular formula is C14H13FN2O. The summed E-state index contributed by atoms with van der Waals surface area (Å²) in [6.45, 7) is 5.74. The molecule has 1 aromatic heterocycles. The first-order chi connectivity index (χ1) is 8.70. The van der Waals surface area contributed by atoms with Gasteiger partial charge in [-0.2, -0.15) is 0 Å². The van der Waals surface area contributed by atoms with E-state index in [0.29, 0.717) is 23.6 Å². The molecule has 2 rings (SSSR count). The van der Waals surface area contributed by atoms with Gasteiger partial charge in [0.2, 0.25) is 0 Å². The number of ether oxygens (including phenoxy) is 1. The van der Waals surface area contributed by atoms with E-state index in [1.807, 2.05) is 6.92 Å². The maximum absolute atomic E-state index is 13.2. The average Bonchev–Trinajstić information content (AvgIpc) is 2.38. The number of aryl methyl sites for hydroxylation is 1. The van der Waals surface area contributed by atoms with E-state index in [2.05, 4.69) is 16.5 Å². The summed E-state index contributed by atoms with van der Waals surface area (Å²) in [5, 5.41) is 0. The lowest BCUT2D eigenvalue weighted by atomic mass is 10.1. The van der Waals surface area contributed by atoms with Crippen LogP contribution in [0.5, 0.6) is 5.75 Å². The molecule has 0 atom stereocenters. The van der Waals surface area contributed by atoms with Crippen LogP contribution in [0.25, 0.3) is 11.3 Å². The second-order valence-electron chi connectivity index (χ2n) is 3.78. The molecule has 0 amide bonds. The first-order valence-electron chi connectivity index (χ1n) is 5.53. The van der Waals surface area contributed by atoms with Gasteiger partial charge in [0.05, 0.1) is 17.6 Å². The van der Waals surface area contributed by atoms with Crippen molar-refractivity contribution in [2.45, 2.75) is 6.92 Å². The molecule has 0 radical (unpaired) electrons. The van der Waals surface area contributed by atoms with E-state index in [1.165, 1.54) is 12.1 Å². The lowest BCUT2D eigenvalue weighted by Crippen LogP contribution is -1.97. The van der Waals surface area contributed by atoms with Crippen LogP contribution < -0.4 is 4.74 Å². The zero-order chi connectivity index (χ0) is 13.0. The molecular weight excluding hydrogens is 231 g/mol. The summed E-state index contributed by atoms with van der Waals surface area (Å²) in [5.74, 6) is 0.0888. The summed E-state index contributed by atoms with van der Waals surface area (Å²) >= 11 is 0. The van der Waals surface area contributed by atoms with Gasteiger partial charge >= 0.3 is 0 Å². The van der Waals surface area contributed by atoms with Crippen molar-refractivity contribution >= 4 is 0 Å². The molecule has 0 aliphatic carbocycles. The molecule has 0 aliphatic heterocycles. The van der Waals surface area contributed by atoms with Crippen molar-refractivity contribution in [2.75, 3.05) is 6.61 Å². The summed E-state index contributed by atoms with van der Waals surface area (Å²) in [6.07, 6.45) is 4.91. The van der Waals surface area contributed by atoms with E-state index >= 15 is 0 Å². The van der Waals surface area contributed by atoms with E-state index in [1.54, 1.807) is 24.5 Å². The first kappa shape index (κ1) is 12.2. The summed E-state index contributed by atoms with van der Waals surface area (Å²) in [6, 6.07) is 4.34. The SMILES string of the molecule is C=CCOc1cc(F)ccc1-c1cnc(C)cn1. The summed E-state index contributed by atoms with van der Waals surface area (Å²) < 4.78 is 18.6. The van der Waals surface area contributed by atoms with Crippen LogP contribution in [0.2, 0.25) is 0 Å². The molecule has 0 fully saturated rings. The quantitative estimate of drug-likeness (QED) is 0.775. The number of aromatic nitrogens is 2. The zero-order valence-electron chi connectivity index (χ0n) is 10.1. The first-order valence-corrected chi connectivity index (χ1v) is 5.53. The van der Waals surface area contributed by atoms with Gasteiger partial charge in [0.15, 0.2) is 0 Å². The molecule has 2 aromatic rings.